The van der Waals surface area contributed by atoms with Crippen molar-refractivity contribution in [3.8, 4) is 27.9 Å². The van der Waals surface area contributed by atoms with Crippen molar-refractivity contribution in [2.75, 3.05) is 0 Å². The van der Waals surface area contributed by atoms with E-state index in [2.05, 4.69) is 205 Å². The summed E-state index contributed by atoms with van der Waals surface area (Å²) in [5, 5.41) is 5.03. The van der Waals surface area contributed by atoms with Crippen LogP contribution in [0.1, 0.15) is 44.5 Å². The fraction of sp³-hybridized carbons (Fsp3) is 0.0370. The highest BCUT2D eigenvalue weighted by Crippen LogP contribution is 2.67. The summed E-state index contributed by atoms with van der Waals surface area (Å²) < 4.78 is 2.54. The molecule has 3 aliphatic carbocycles. The third-order valence-corrected chi connectivity index (χ3v) is 13.3. The molecule has 0 atom stereocenters. The van der Waals surface area contributed by atoms with Crippen molar-refractivity contribution in [2.45, 2.75) is 10.8 Å². The molecule has 1 aromatic heterocycles. The molecule has 13 rings (SSSR count). The van der Waals surface area contributed by atoms with E-state index in [1.54, 1.807) is 0 Å². The minimum Gasteiger partial charge on any atom is -0.309 e. The third kappa shape index (κ3) is 3.38. The summed E-state index contributed by atoms with van der Waals surface area (Å²) in [5.74, 6) is 0. The Labute approximate surface area is 319 Å². The topological polar surface area (TPSA) is 4.93 Å². The number of fused-ring (bicyclic) bond motifs is 20. The molecule has 0 saturated heterocycles. The van der Waals surface area contributed by atoms with Gasteiger partial charge < -0.3 is 4.57 Å². The third-order valence-electron chi connectivity index (χ3n) is 13.3. The zero-order chi connectivity index (χ0) is 35.9. The summed E-state index contributed by atoms with van der Waals surface area (Å²) >= 11 is 0. The lowest BCUT2D eigenvalue weighted by molar-refractivity contribution is 0.634. The molecule has 1 heteroatoms. The smallest absolute Gasteiger partial charge is 0.0720 e. The molecule has 0 unspecified atom stereocenters. The minimum absolute atomic E-state index is 0.520. The molecule has 0 saturated carbocycles. The van der Waals surface area contributed by atoms with Crippen LogP contribution in [0, 0.1) is 0 Å². The molecule has 0 radical (unpaired) electrons. The molecule has 1 heterocycles. The van der Waals surface area contributed by atoms with Crippen molar-refractivity contribution in [3.05, 3.63) is 245 Å². The van der Waals surface area contributed by atoms with Gasteiger partial charge in [0, 0.05) is 16.2 Å². The molecule has 0 amide bonds. The Morgan fingerprint density at radius 2 is 0.691 bits per heavy atom. The van der Waals surface area contributed by atoms with Crippen molar-refractivity contribution in [1.29, 1.82) is 0 Å². The second-order valence-electron chi connectivity index (χ2n) is 15.5. The van der Waals surface area contributed by atoms with Crippen LogP contribution in [0.15, 0.2) is 200 Å². The van der Waals surface area contributed by atoms with Gasteiger partial charge in [0.05, 0.1) is 27.6 Å². The first-order valence-electron chi connectivity index (χ1n) is 19.4. The van der Waals surface area contributed by atoms with E-state index >= 15 is 0 Å². The molecule has 0 N–H and O–H groups in total. The quantitative estimate of drug-likeness (QED) is 0.161. The standard InChI is InChI=1S/C54H33N/c1-2-18-35-34(16-1)17-15-31-50(35)55-51-30-14-7-23-40(51)41-32-48-49(33-52(41)55)54(44-26-10-5-21-38(44)39-22-6-11-27-45(39)54)47-29-13-12-28-46(47)53(48)42-24-8-3-19-36(42)37-20-4-9-25-43(37)53/h1-33H. The Balaban J connectivity index is 1.30. The largest absolute Gasteiger partial charge is 0.309 e. The van der Waals surface area contributed by atoms with Crippen molar-refractivity contribution in [1.82, 2.24) is 4.57 Å². The number of para-hydroxylation sites is 1. The van der Waals surface area contributed by atoms with Crippen LogP contribution in [0.2, 0.25) is 0 Å². The summed E-state index contributed by atoms with van der Waals surface area (Å²) in [6.07, 6.45) is 0. The Kier molecular flexibility index (Phi) is 5.56. The Bertz CT molecular complexity index is 3190. The average molecular weight is 696 g/mol. The number of hydrogen-bond acceptors (Lipinski definition) is 0. The molecule has 1 nitrogen and oxygen atoms in total. The van der Waals surface area contributed by atoms with Gasteiger partial charge in [-0.15, -0.1) is 0 Å². The van der Waals surface area contributed by atoms with Gasteiger partial charge in [-0.3, -0.25) is 0 Å². The molecule has 3 aliphatic rings. The van der Waals surface area contributed by atoms with Gasteiger partial charge in [0.1, 0.15) is 0 Å². The second kappa shape index (κ2) is 10.4. The fourth-order valence-corrected chi connectivity index (χ4v) is 11.4. The van der Waals surface area contributed by atoms with Crippen LogP contribution in [-0.2, 0) is 10.8 Å². The van der Waals surface area contributed by atoms with Crippen molar-refractivity contribution >= 4 is 32.6 Å². The van der Waals surface area contributed by atoms with Gasteiger partial charge in [-0.05, 0) is 96.4 Å². The molecular weight excluding hydrogens is 663 g/mol. The predicted octanol–water partition coefficient (Wildman–Crippen LogP) is 13.0. The van der Waals surface area contributed by atoms with E-state index in [-0.39, 0.29) is 0 Å². The zero-order valence-electron chi connectivity index (χ0n) is 30.0. The van der Waals surface area contributed by atoms with E-state index in [0.29, 0.717) is 0 Å². The molecule has 254 valence electrons. The van der Waals surface area contributed by atoms with Crippen LogP contribution in [0.25, 0.3) is 60.5 Å². The predicted molar refractivity (Wildman–Crippen MR) is 226 cm³/mol. The SMILES string of the molecule is c1ccc2c(c1)-c1ccccc1C21c2ccccc2C2(c3ccccc3-c3ccccc32)c2cc3c(cc21)c1ccccc1n3-c1cccc2ccccc12. The average Bonchev–Trinajstić information content (AvgIpc) is 3.85. The van der Waals surface area contributed by atoms with Crippen LogP contribution in [0.5, 0.6) is 0 Å². The van der Waals surface area contributed by atoms with Crippen molar-refractivity contribution in [2.24, 2.45) is 0 Å². The molecule has 0 aliphatic heterocycles. The zero-order valence-corrected chi connectivity index (χ0v) is 30.0. The van der Waals surface area contributed by atoms with Gasteiger partial charge in [0.15, 0.2) is 0 Å². The maximum Gasteiger partial charge on any atom is 0.0720 e. The number of aromatic nitrogens is 1. The second-order valence-corrected chi connectivity index (χ2v) is 15.5. The monoisotopic (exact) mass is 695 g/mol. The summed E-state index contributed by atoms with van der Waals surface area (Å²) in [7, 11) is 0. The van der Waals surface area contributed by atoms with E-state index < -0.39 is 10.8 Å². The molecular formula is C54H33N. The van der Waals surface area contributed by atoms with Gasteiger partial charge in [-0.1, -0.05) is 176 Å². The summed E-state index contributed by atoms with van der Waals surface area (Å²) in [6, 6.07) is 75.9. The van der Waals surface area contributed by atoms with E-state index in [0.717, 1.165) is 0 Å². The van der Waals surface area contributed by atoms with Crippen molar-refractivity contribution in [3.63, 3.8) is 0 Å². The first-order valence-corrected chi connectivity index (χ1v) is 19.4. The Hall–Kier alpha value is -6.96. The van der Waals surface area contributed by atoms with Crippen LogP contribution in [0.4, 0.5) is 0 Å². The first kappa shape index (κ1) is 29.5. The number of benzene rings is 9. The van der Waals surface area contributed by atoms with Gasteiger partial charge in [-0.25, -0.2) is 0 Å². The maximum atomic E-state index is 2.61. The molecule has 2 spiro atoms. The van der Waals surface area contributed by atoms with Gasteiger partial charge in [0.2, 0.25) is 0 Å². The van der Waals surface area contributed by atoms with Crippen LogP contribution in [-0.4, -0.2) is 4.57 Å². The van der Waals surface area contributed by atoms with E-state index in [4.69, 9.17) is 0 Å². The summed E-state index contributed by atoms with van der Waals surface area (Å²) in [6.45, 7) is 0. The van der Waals surface area contributed by atoms with E-state index in [1.807, 2.05) is 0 Å². The highest BCUT2D eigenvalue weighted by molar-refractivity contribution is 6.12. The number of hydrogen-bond donors (Lipinski definition) is 0. The number of nitrogens with zero attached hydrogens (tertiary/aromatic N) is 1. The van der Waals surface area contributed by atoms with Gasteiger partial charge >= 0.3 is 0 Å². The lowest BCUT2D eigenvalue weighted by Crippen LogP contribution is -2.43. The van der Waals surface area contributed by atoms with Crippen LogP contribution in [0.3, 0.4) is 0 Å². The maximum absolute atomic E-state index is 2.61. The summed E-state index contributed by atoms with van der Waals surface area (Å²) in [5.41, 5.74) is 18.7. The fourth-order valence-electron chi connectivity index (χ4n) is 11.4. The molecule has 0 fully saturated rings. The minimum atomic E-state index is -0.537. The lowest BCUT2D eigenvalue weighted by Gasteiger charge is -2.49. The lowest BCUT2D eigenvalue weighted by atomic mass is 9.52. The summed E-state index contributed by atoms with van der Waals surface area (Å²) in [4.78, 5) is 0. The van der Waals surface area contributed by atoms with Crippen LogP contribution < -0.4 is 0 Å². The van der Waals surface area contributed by atoms with Crippen molar-refractivity contribution < 1.29 is 0 Å². The Morgan fingerprint density at radius 1 is 0.273 bits per heavy atom. The molecule has 0 bridgehead atoms. The normalized spacial score (nSPS) is 14.8. The van der Waals surface area contributed by atoms with E-state index in [1.165, 1.54) is 105 Å². The molecule has 55 heavy (non-hydrogen) atoms. The first-order chi connectivity index (χ1) is 27.3. The Morgan fingerprint density at radius 3 is 1.25 bits per heavy atom. The van der Waals surface area contributed by atoms with E-state index in [9.17, 15) is 0 Å². The van der Waals surface area contributed by atoms with Gasteiger partial charge in [0.25, 0.3) is 0 Å². The number of rotatable bonds is 1. The molecule has 10 aromatic rings. The molecule has 9 aromatic carbocycles. The highest BCUT2D eigenvalue weighted by Gasteiger charge is 2.59. The highest BCUT2D eigenvalue weighted by atomic mass is 15.0. The van der Waals surface area contributed by atoms with Gasteiger partial charge in [-0.2, -0.15) is 0 Å². The van der Waals surface area contributed by atoms with Crippen LogP contribution >= 0.6 is 0 Å².